The van der Waals surface area contributed by atoms with Crippen molar-refractivity contribution in [1.82, 2.24) is 0 Å². The van der Waals surface area contributed by atoms with Gasteiger partial charge in [-0.3, -0.25) is 0 Å². The van der Waals surface area contributed by atoms with E-state index in [4.69, 9.17) is 0 Å². The van der Waals surface area contributed by atoms with E-state index in [-0.39, 0.29) is 12.0 Å². The monoisotopic (exact) mass is 212 g/mol. The number of hydrogen-bond donors (Lipinski definition) is 1. The Morgan fingerprint density at radius 3 is 2.88 bits per heavy atom. The van der Waals surface area contributed by atoms with Crippen LogP contribution in [0.4, 0.5) is 0 Å². The number of rotatable bonds is 2. The van der Waals surface area contributed by atoms with Crippen LogP contribution < -0.4 is 10.4 Å². The second-order valence-corrected chi connectivity index (χ2v) is 5.07. The maximum absolute atomic E-state index is 9.81. The third-order valence-corrected chi connectivity index (χ3v) is 3.41. The smallest absolute Gasteiger partial charge is 0.0752 e. The van der Waals surface area contributed by atoms with Gasteiger partial charge in [-0.05, 0) is 51.6 Å². The predicted molar refractivity (Wildman–Crippen MR) is 67.0 cm³/mol. The van der Waals surface area contributed by atoms with Crippen LogP contribution in [0.25, 0.3) is 17.7 Å². The highest BCUT2D eigenvalue weighted by molar-refractivity contribution is 5.95. The van der Waals surface area contributed by atoms with Crippen LogP contribution in [0.5, 0.6) is 0 Å². The summed E-state index contributed by atoms with van der Waals surface area (Å²) < 4.78 is 0. The van der Waals surface area contributed by atoms with Crippen molar-refractivity contribution in [2.75, 3.05) is 0 Å². The first-order valence-corrected chi connectivity index (χ1v) is 5.89. The first kappa shape index (κ1) is 9.86. The topological polar surface area (TPSA) is 20.2 Å². The highest BCUT2D eigenvalue weighted by Crippen LogP contribution is 2.41. The van der Waals surface area contributed by atoms with Crippen molar-refractivity contribution in [2.24, 2.45) is 5.92 Å². The van der Waals surface area contributed by atoms with Crippen LogP contribution in [0.2, 0.25) is 0 Å². The molecule has 16 heavy (non-hydrogen) atoms. The van der Waals surface area contributed by atoms with Gasteiger partial charge in [-0.1, -0.05) is 32.1 Å². The quantitative estimate of drug-likeness (QED) is 0.786. The highest BCUT2D eigenvalue weighted by Gasteiger charge is 2.26. The minimum absolute atomic E-state index is 0.273. The van der Waals surface area contributed by atoms with E-state index < -0.39 is 0 Å². The van der Waals surface area contributed by atoms with E-state index >= 15 is 0 Å². The molecule has 2 aliphatic carbocycles. The zero-order chi connectivity index (χ0) is 11.3. The molecule has 1 heteroatoms. The summed E-state index contributed by atoms with van der Waals surface area (Å²) in [5.74, 6) is 0.273. The summed E-state index contributed by atoms with van der Waals surface area (Å²) in [7, 11) is 0. The third-order valence-electron chi connectivity index (χ3n) is 3.41. The molecule has 1 saturated carbocycles. The molecule has 1 nitrogen and oxygen atoms in total. The summed E-state index contributed by atoms with van der Waals surface area (Å²) in [5.41, 5.74) is 4.34. The van der Waals surface area contributed by atoms with Crippen molar-refractivity contribution in [2.45, 2.75) is 26.4 Å². The molecule has 0 amide bonds. The summed E-state index contributed by atoms with van der Waals surface area (Å²) in [4.78, 5) is 0. The Morgan fingerprint density at radius 2 is 2.12 bits per heavy atom. The molecule has 1 unspecified atom stereocenters. The van der Waals surface area contributed by atoms with Gasteiger partial charge in [0.25, 0.3) is 0 Å². The van der Waals surface area contributed by atoms with Crippen LogP contribution in [0.1, 0.15) is 25.8 Å². The zero-order valence-electron chi connectivity index (χ0n) is 9.70. The molecule has 1 N–H and O–H groups in total. The maximum Gasteiger partial charge on any atom is 0.0752 e. The summed E-state index contributed by atoms with van der Waals surface area (Å²) in [5, 5.41) is 12.3. The van der Waals surface area contributed by atoms with Crippen molar-refractivity contribution < 1.29 is 5.11 Å². The summed E-state index contributed by atoms with van der Waals surface area (Å²) in [6, 6.07) is 6.46. The molecule has 0 bridgehead atoms. The standard InChI is InChI=1S/C15H16O/c1-9(2)15(16)6-10-3-4-13-11(5-10)7-12-8-14(12)13/h3-7,9,15-16H,8H2,1-2H3. The van der Waals surface area contributed by atoms with Gasteiger partial charge in [-0.15, -0.1) is 0 Å². The lowest BCUT2D eigenvalue weighted by atomic mass is 10.0. The van der Waals surface area contributed by atoms with Gasteiger partial charge in [0.15, 0.2) is 0 Å². The SMILES string of the molecule is CC(C)C(O)C=c1ccc2c(c1)C=C1CC=21. The van der Waals surface area contributed by atoms with Gasteiger partial charge in [0.2, 0.25) is 0 Å². The molecule has 0 saturated heterocycles. The lowest BCUT2D eigenvalue weighted by molar-refractivity contribution is 0.186. The Kier molecular flexibility index (Phi) is 2.05. The molecular formula is C15H16O. The summed E-state index contributed by atoms with van der Waals surface area (Å²) in [6.07, 6.45) is 5.04. The Balaban J connectivity index is 2.04. The molecule has 0 aliphatic heterocycles. The van der Waals surface area contributed by atoms with Crippen LogP contribution in [0.15, 0.2) is 23.8 Å². The van der Waals surface area contributed by atoms with Crippen molar-refractivity contribution in [3.8, 4) is 0 Å². The number of benzene rings is 1. The summed E-state index contributed by atoms with van der Waals surface area (Å²) >= 11 is 0. The van der Waals surface area contributed by atoms with E-state index in [1.54, 1.807) is 0 Å². The lowest BCUT2D eigenvalue weighted by Gasteiger charge is -2.08. The van der Waals surface area contributed by atoms with Gasteiger partial charge in [0.1, 0.15) is 0 Å². The second-order valence-electron chi connectivity index (χ2n) is 5.07. The van der Waals surface area contributed by atoms with Gasteiger partial charge in [0.05, 0.1) is 6.10 Å². The van der Waals surface area contributed by atoms with E-state index in [2.05, 4.69) is 24.3 Å². The normalized spacial score (nSPS) is 19.6. The van der Waals surface area contributed by atoms with Gasteiger partial charge in [-0.2, -0.15) is 0 Å². The predicted octanol–water partition coefficient (Wildman–Crippen LogP) is 1.44. The van der Waals surface area contributed by atoms with Crippen molar-refractivity contribution >= 4 is 17.7 Å². The average Bonchev–Trinajstić information content (AvgIpc) is 2.90. The van der Waals surface area contributed by atoms with E-state index in [1.807, 2.05) is 19.9 Å². The van der Waals surface area contributed by atoms with Gasteiger partial charge >= 0.3 is 0 Å². The van der Waals surface area contributed by atoms with E-state index in [9.17, 15) is 5.11 Å². The highest BCUT2D eigenvalue weighted by atomic mass is 16.3. The maximum atomic E-state index is 9.81. The molecule has 2 aliphatic rings. The number of allylic oxidation sites excluding steroid dienone is 1. The Morgan fingerprint density at radius 1 is 1.31 bits per heavy atom. The summed E-state index contributed by atoms with van der Waals surface area (Å²) in [6.45, 7) is 4.06. The Hall–Kier alpha value is -1.34. The molecule has 3 rings (SSSR count). The minimum atomic E-state index is -0.353. The molecule has 1 aromatic carbocycles. The first-order valence-electron chi connectivity index (χ1n) is 5.89. The molecule has 0 radical (unpaired) electrons. The largest absolute Gasteiger partial charge is 0.389 e. The van der Waals surface area contributed by atoms with E-state index in [1.165, 1.54) is 28.3 Å². The van der Waals surface area contributed by atoms with E-state index in [0.717, 1.165) is 5.22 Å². The zero-order valence-corrected chi connectivity index (χ0v) is 9.70. The molecule has 0 heterocycles. The molecule has 0 spiro atoms. The number of hydrogen-bond acceptors (Lipinski definition) is 1. The van der Waals surface area contributed by atoms with Crippen molar-refractivity contribution in [1.29, 1.82) is 0 Å². The lowest BCUT2D eigenvalue weighted by Crippen LogP contribution is -2.17. The van der Waals surface area contributed by atoms with Crippen LogP contribution in [0, 0.1) is 5.92 Å². The fourth-order valence-corrected chi connectivity index (χ4v) is 2.21. The number of aliphatic hydroxyl groups excluding tert-OH is 1. The van der Waals surface area contributed by atoms with E-state index in [0.29, 0.717) is 0 Å². The van der Waals surface area contributed by atoms with Crippen LogP contribution in [0.3, 0.4) is 0 Å². The van der Waals surface area contributed by atoms with Crippen LogP contribution in [-0.2, 0) is 0 Å². The van der Waals surface area contributed by atoms with Crippen LogP contribution in [-0.4, -0.2) is 11.2 Å². The van der Waals surface area contributed by atoms with Gasteiger partial charge in [0, 0.05) is 0 Å². The van der Waals surface area contributed by atoms with Crippen molar-refractivity contribution in [3.63, 3.8) is 0 Å². The fourth-order valence-electron chi connectivity index (χ4n) is 2.21. The number of aliphatic hydroxyl groups is 1. The molecule has 0 aromatic heterocycles. The second kappa shape index (κ2) is 3.33. The Bertz CT molecular complexity index is 590. The van der Waals surface area contributed by atoms with Gasteiger partial charge in [-0.25, -0.2) is 0 Å². The molecule has 1 atom stereocenters. The first-order chi connectivity index (χ1) is 7.65. The molecule has 1 fully saturated rings. The number of fused-ring (bicyclic) bond motifs is 2. The van der Waals surface area contributed by atoms with Crippen molar-refractivity contribution in [3.05, 3.63) is 39.8 Å². The van der Waals surface area contributed by atoms with Crippen LogP contribution >= 0.6 is 0 Å². The minimum Gasteiger partial charge on any atom is -0.389 e. The third kappa shape index (κ3) is 1.52. The average molecular weight is 212 g/mol. The van der Waals surface area contributed by atoms with Gasteiger partial charge < -0.3 is 5.11 Å². The molecular weight excluding hydrogens is 196 g/mol. The molecule has 1 aromatic rings. The Labute approximate surface area is 95.4 Å². The molecule has 82 valence electrons. The fraction of sp³-hybridized carbons (Fsp3) is 0.333.